The van der Waals surface area contributed by atoms with E-state index in [1.54, 1.807) is 20.0 Å². The van der Waals surface area contributed by atoms with Crippen LogP contribution in [-0.2, 0) is 7.05 Å². The molecule has 1 aromatic heterocycles. The summed E-state index contributed by atoms with van der Waals surface area (Å²) in [5.74, 6) is -0.186. The van der Waals surface area contributed by atoms with Gasteiger partial charge in [0.2, 0.25) is 5.88 Å². The minimum absolute atomic E-state index is 0.0946. The quantitative estimate of drug-likeness (QED) is 0.858. The van der Waals surface area contributed by atoms with Gasteiger partial charge < -0.3 is 9.84 Å². The molecule has 2 rings (SSSR count). The van der Waals surface area contributed by atoms with E-state index in [0.717, 1.165) is 3.57 Å². The number of carboxylic acid groups (broad SMARTS) is 1. The number of carboxylic acids is 1. The Morgan fingerprint density at radius 1 is 1.44 bits per heavy atom. The summed E-state index contributed by atoms with van der Waals surface area (Å²) in [6, 6.07) is 7.40. The van der Waals surface area contributed by atoms with Gasteiger partial charge in [-0.25, -0.2) is 9.48 Å². The van der Waals surface area contributed by atoms with Gasteiger partial charge in [-0.1, -0.05) is 12.1 Å². The predicted molar refractivity (Wildman–Crippen MR) is 74.1 cm³/mol. The third-order valence-corrected chi connectivity index (χ3v) is 3.32. The lowest BCUT2D eigenvalue weighted by Crippen LogP contribution is -2.02. The van der Waals surface area contributed by atoms with E-state index in [9.17, 15) is 9.90 Å². The highest BCUT2D eigenvalue weighted by atomic mass is 127. The molecule has 0 unspecified atom stereocenters. The Hall–Kier alpha value is -1.57. The topological polar surface area (TPSA) is 64.4 Å². The Balaban J connectivity index is 2.47. The van der Waals surface area contributed by atoms with Crippen molar-refractivity contribution in [2.75, 3.05) is 0 Å². The molecule has 6 heteroatoms. The minimum atomic E-state index is -1.04. The van der Waals surface area contributed by atoms with E-state index in [2.05, 4.69) is 27.7 Å². The maximum Gasteiger partial charge on any atom is 0.343 e. The third kappa shape index (κ3) is 2.33. The summed E-state index contributed by atoms with van der Waals surface area (Å²) in [5.41, 5.74) is 0.531. The lowest BCUT2D eigenvalue weighted by atomic mass is 10.2. The molecule has 0 radical (unpaired) electrons. The van der Waals surface area contributed by atoms with Gasteiger partial charge in [0.1, 0.15) is 11.3 Å². The van der Waals surface area contributed by atoms with Crippen molar-refractivity contribution in [3.63, 3.8) is 0 Å². The van der Waals surface area contributed by atoms with Crippen LogP contribution in [0.1, 0.15) is 16.1 Å². The molecule has 0 fully saturated rings. The number of benzene rings is 1. The maximum atomic E-state index is 11.2. The molecule has 0 spiro atoms. The number of aryl methyl sites for hydroxylation is 2. The molecule has 0 atom stereocenters. The highest BCUT2D eigenvalue weighted by Crippen LogP contribution is 2.30. The zero-order chi connectivity index (χ0) is 13.3. The molecule has 2 aromatic rings. The Kier molecular flexibility index (Phi) is 3.55. The Bertz CT molecular complexity index is 607. The van der Waals surface area contributed by atoms with E-state index in [0.29, 0.717) is 11.4 Å². The van der Waals surface area contributed by atoms with Crippen molar-refractivity contribution in [2.45, 2.75) is 6.92 Å². The van der Waals surface area contributed by atoms with Gasteiger partial charge in [-0.15, -0.1) is 0 Å². The lowest BCUT2D eigenvalue weighted by molar-refractivity contribution is 0.0693. The number of halogens is 1. The molecular formula is C12H11IN2O3. The zero-order valence-corrected chi connectivity index (χ0v) is 12.0. The number of carbonyl (C=O) groups is 1. The monoisotopic (exact) mass is 358 g/mol. The van der Waals surface area contributed by atoms with E-state index in [1.807, 2.05) is 18.2 Å². The number of ether oxygens (including phenoxy) is 1. The van der Waals surface area contributed by atoms with Crippen LogP contribution >= 0.6 is 22.6 Å². The zero-order valence-electron chi connectivity index (χ0n) is 9.85. The average molecular weight is 358 g/mol. The molecule has 18 heavy (non-hydrogen) atoms. The van der Waals surface area contributed by atoms with Crippen molar-refractivity contribution in [3.05, 3.63) is 39.1 Å². The first kappa shape index (κ1) is 12.9. The maximum absolute atomic E-state index is 11.2. The summed E-state index contributed by atoms with van der Waals surface area (Å²) in [7, 11) is 1.66. The first-order valence-corrected chi connectivity index (χ1v) is 6.28. The minimum Gasteiger partial charge on any atom is -0.477 e. The third-order valence-electron chi connectivity index (χ3n) is 2.43. The molecule has 0 saturated carbocycles. The number of hydrogen-bond acceptors (Lipinski definition) is 3. The molecule has 0 amide bonds. The summed E-state index contributed by atoms with van der Waals surface area (Å²) >= 11 is 2.13. The number of rotatable bonds is 3. The fraction of sp³-hybridized carbons (Fsp3) is 0.167. The van der Waals surface area contributed by atoms with Crippen LogP contribution in [0.5, 0.6) is 11.6 Å². The van der Waals surface area contributed by atoms with Crippen molar-refractivity contribution in [3.8, 4) is 11.6 Å². The molecule has 1 heterocycles. The molecule has 0 aliphatic carbocycles. The number of nitrogens with zero attached hydrogens (tertiary/aromatic N) is 2. The van der Waals surface area contributed by atoms with Crippen molar-refractivity contribution < 1.29 is 14.6 Å². The van der Waals surface area contributed by atoms with E-state index in [1.165, 1.54) is 4.68 Å². The highest BCUT2D eigenvalue weighted by molar-refractivity contribution is 14.1. The predicted octanol–water partition coefficient (Wildman–Crippen LogP) is 2.82. The van der Waals surface area contributed by atoms with Gasteiger partial charge in [-0.2, -0.15) is 5.10 Å². The second kappa shape index (κ2) is 4.97. The first-order chi connectivity index (χ1) is 8.50. The lowest BCUT2D eigenvalue weighted by Gasteiger charge is -2.08. The molecule has 0 saturated heterocycles. The van der Waals surface area contributed by atoms with Crippen molar-refractivity contribution in [1.82, 2.24) is 9.78 Å². The smallest absolute Gasteiger partial charge is 0.343 e. The average Bonchev–Trinajstić information content (AvgIpc) is 2.57. The largest absolute Gasteiger partial charge is 0.477 e. The molecule has 1 aromatic carbocycles. The van der Waals surface area contributed by atoms with Gasteiger partial charge in [-0.05, 0) is 41.6 Å². The van der Waals surface area contributed by atoms with Crippen molar-refractivity contribution in [1.29, 1.82) is 0 Å². The number of aromatic nitrogens is 2. The van der Waals surface area contributed by atoms with Crippen LogP contribution in [0, 0.1) is 10.5 Å². The Morgan fingerprint density at radius 2 is 2.11 bits per heavy atom. The molecular weight excluding hydrogens is 347 g/mol. The molecule has 0 aliphatic heterocycles. The Morgan fingerprint density at radius 3 is 2.72 bits per heavy atom. The molecule has 0 aliphatic rings. The normalized spacial score (nSPS) is 10.4. The van der Waals surface area contributed by atoms with Gasteiger partial charge in [-0.3, -0.25) is 0 Å². The van der Waals surface area contributed by atoms with E-state index < -0.39 is 5.97 Å². The molecule has 1 N–H and O–H groups in total. The van der Waals surface area contributed by atoms with Crippen LogP contribution in [0.25, 0.3) is 0 Å². The van der Waals surface area contributed by atoms with E-state index in [-0.39, 0.29) is 11.4 Å². The van der Waals surface area contributed by atoms with E-state index >= 15 is 0 Å². The van der Waals surface area contributed by atoms with Crippen LogP contribution in [0.15, 0.2) is 24.3 Å². The standard InChI is InChI=1S/C12H11IN2O3/c1-7-10(12(16)17)11(15(2)14-7)18-9-6-4-3-5-8(9)13/h3-6H,1-2H3,(H,16,17). The van der Waals surface area contributed by atoms with Crippen molar-refractivity contribution >= 4 is 28.6 Å². The molecule has 5 nitrogen and oxygen atoms in total. The van der Waals surface area contributed by atoms with Gasteiger partial charge in [0.25, 0.3) is 0 Å². The second-order valence-corrected chi connectivity index (χ2v) is 4.89. The van der Waals surface area contributed by atoms with Gasteiger partial charge in [0, 0.05) is 7.05 Å². The van der Waals surface area contributed by atoms with E-state index in [4.69, 9.17) is 4.74 Å². The summed E-state index contributed by atoms with van der Waals surface area (Å²) in [5, 5.41) is 13.2. The summed E-state index contributed by atoms with van der Waals surface area (Å²) < 4.78 is 8.01. The van der Waals surface area contributed by atoms with Crippen LogP contribution < -0.4 is 4.74 Å². The SMILES string of the molecule is Cc1nn(C)c(Oc2ccccc2I)c1C(=O)O. The van der Waals surface area contributed by atoms with Crippen LogP contribution in [0.3, 0.4) is 0 Å². The number of para-hydroxylation sites is 1. The van der Waals surface area contributed by atoms with Crippen molar-refractivity contribution in [2.24, 2.45) is 7.05 Å². The van der Waals surface area contributed by atoms with Gasteiger partial charge in [0.15, 0.2) is 0 Å². The fourth-order valence-corrected chi connectivity index (χ4v) is 2.13. The number of aromatic carboxylic acids is 1. The van der Waals surface area contributed by atoms with Gasteiger partial charge >= 0.3 is 5.97 Å². The Labute approximate surface area is 118 Å². The fourth-order valence-electron chi connectivity index (χ4n) is 1.63. The van der Waals surface area contributed by atoms with Crippen LogP contribution in [0.4, 0.5) is 0 Å². The number of hydrogen-bond donors (Lipinski definition) is 1. The molecule has 0 bridgehead atoms. The summed E-state index contributed by atoms with van der Waals surface area (Å²) in [6.45, 7) is 1.65. The second-order valence-electron chi connectivity index (χ2n) is 3.73. The summed E-state index contributed by atoms with van der Waals surface area (Å²) in [6.07, 6.45) is 0. The van der Waals surface area contributed by atoms with Crippen LogP contribution in [0.2, 0.25) is 0 Å². The first-order valence-electron chi connectivity index (χ1n) is 5.20. The van der Waals surface area contributed by atoms with Gasteiger partial charge in [0.05, 0.1) is 9.26 Å². The molecule has 94 valence electrons. The summed E-state index contributed by atoms with van der Waals surface area (Å²) in [4.78, 5) is 11.2. The highest BCUT2D eigenvalue weighted by Gasteiger charge is 2.22. The van der Waals surface area contributed by atoms with Crippen LogP contribution in [-0.4, -0.2) is 20.9 Å².